The summed E-state index contributed by atoms with van der Waals surface area (Å²) in [4.78, 5) is 14.3. The second-order valence-corrected chi connectivity index (χ2v) is 6.66. The van der Waals surface area contributed by atoms with Gasteiger partial charge in [-0.2, -0.15) is 0 Å². The summed E-state index contributed by atoms with van der Waals surface area (Å²) >= 11 is 1.36. The summed E-state index contributed by atoms with van der Waals surface area (Å²) in [5, 5.41) is 9.16. The van der Waals surface area contributed by atoms with Crippen molar-refractivity contribution in [3.05, 3.63) is 24.3 Å². The lowest BCUT2D eigenvalue weighted by Gasteiger charge is -2.21. The summed E-state index contributed by atoms with van der Waals surface area (Å²) < 4.78 is 17.4. The predicted molar refractivity (Wildman–Crippen MR) is 104 cm³/mol. The lowest BCUT2D eigenvalue weighted by atomic mass is 10.2. The van der Waals surface area contributed by atoms with Crippen LogP contribution in [0.25, 0.3) is 11.4 Å². The van der Waals surface area contributed by atoms with Gasteiger partial charge in [0.05, 0.1) is 31.6 Å². The molecule has 148 valence electrons. The Hall–Kier alpha value is -2.10. The van der Waals surface area contributed by atoms with Gasteiger partial charge in [0.2, 0.25) is 5.91 Å². The molecule has 2 rings (SSSR count). The zero-order valence-corrected chi connectivity index (χ0v) is 17.0. The molecule has 0 bridgehead atoms. The Labute approximate surface area is 163 Å². The first-order chi connectivity index (χ1) is 13.1. The first-order valence-corrected chi connectivity index (χ1v) is 9.52. The highest BCUT2D eigenvalue weighted by atomic mass is 32.2. The molecule has 27 heavy (non-hydrogen) atoms. The van der Waals surface area contributed by atoms with Crippen LogP contribution in [0, 0.1) is 0 Å². The van der Waals surface area contributed by atoms with E-state index >= 15 is 0 Å². The van der Waals surface area contributed by atoms with E-state index in [-0.39, 0.29) is 11.7 Å². The van der Waals surface area contributed by atoms with Gasteiger partial charge in [-0.1, -0.05) is 23.9 Å². The quantitative estimate of drug-likeness (QED) is 0.537. The minimum absolute atomic E-state index is 0.0101. The molecule has 0 saturated carbocycles. The van der Waals surface area contributed by atoms with Crippen molar-refractivity contribution in [2.45, 2.75) is 5.16 Å². The van der Waals surface area contributed by atoms with Crippen molar-refractivity contribution in [3.8, 4) is 17.1 Å². The molecule has 0 radical (unpaired) electrons. The SMILES string of the molecule is COCCN(CCOC)C(=O)CSc1nnc(-c2ccccc2OC)n1C. The maximum Gasteiger partial charge on any atom is 0.233 e. The fraction of sp³-hybridized carbons (Fsp3) is 0.500. The molecule has 1 heterocycles. The van der Waals surface area contributed by atoms with Crippen LogP contribution >= 0.6 is 11.8 Å². The van der Waals surface area contributed by atoms with Gasteiger partial charge in [0.1, 0.15) is 5.75 Å². The molecule has 0 aliphatic carbocycles. The fourth-order valence-corrected chi connectivity index (χ4v) is 3.30. The van der Waals surface area contributed by atoms with E-state index in [1.807, 2.05) is 35.9 Å². The van der Waals surface area contributed by atoms with Crippen LogP contribution in [0.1, 0.15) is 0 Å². The van der Waals surface area contributed by atoms with Crippen LogP contribution in [-0.4, -0.2) is 79.0 Å². The lowest BCUT2D eigenvalue weighted by Crippen LogP contribution is -2.37. The molecule has 0 aliphatic rings. The average Bonchev–Trinajstić information content (AvgIpc) is 3.06. The molecule has 1 aromatic heterocycles. The smallest absolute Gasteiger partial charge is 0.233 e. The Morgan fingerprint density at radius 1 is 1.11 bits per heavy atom. The molecule has 8 nitrogen and oxygen atoms in total. The van der Waals surface area contributed by atoms with Gasteiger partial charge in [0.15, 0.2) is 11.0 Å². The molecular weight excluding hydrogens is 368 g/mol. The number of carbonyl (C=O) groups excluding carboxylic acids is 1. The van der Waals surface area contributed by atoms with E-state index in [9.17, 15) is 4.79 Å². The standard InChI is InChI=1S/C18H26N4O4S/c1-21-17(14-7-5-6-8-15(14)26-4)19-20-18(21)27-13-16(23)22(9-11-24-2)10-12-25-3/h5-8H,9-13H2,1-4H3. The molecule has 9 heteroatoms. The number of amides is 1. The number of nitrogens with zero attached hydrogens (tertiary/aromatic N) is 4. The third kappa shape index (κ3) is 5.69. The molecule has 0 spiro atoms. The number of aromatic nitrogens is 3. The lowest BCUT2D eigenvalue weighted by molar-refractivity contribution is -0.129. The third-order valence-corrected chi connectivity index (χ3v) is 5.00. The Kier molecular flexibility index (Phi) is 8.56. The number of thioether (sulfide) groups is 1. The number of methoxy groups -OCH3 is 3. The van der Waals surface area contributed by atoms with E-state index in [2.05, 4.69) is 10.2 Å². The number of hydrogen-bond donors (Lipinski definition) is 0. The highest BCUT2D eigenvalue weighted by Crippen LogP contribution is 2.29. The van der Waals surface area contributed by atoms with Crippen LogP contribution in [0.2, 0.25) is 0 Å². The maximum atomic E-state index is 12.5. The van der Waals surface area contributed by atoms with Gasteiger partial charge in [-0.3, -0.25) is 4.79 Å². The van der Waals surface area contributed by atoms with Gasteiger partial charge in [0, 0.05) is 34.4 Å². The van der Waals surface area contributed by atoms with Gasteiger partial charge in [-0.15, -0.1) is 10.2 Å². The minimum Gasteiger partial charge on any atom is -0.496 e. The van der Waals surface area contributed by atoms with E-state index in [1.54, 1.807) is 26.2 Å². The summed E-state index contributed by atoms with van der Waals surface area (Å²) in [5.74, 6) is 1.70. The Morgan fingerprint density at radius 2 is 1.78 bits per heavy atom. The molecule has 1 aromatic carbocycles. The van der Waals surface area contributed by atoms with Crippen molar-refractivity contribution in [3.63, 3.8) is 0 Å². The Morgan fingerprint density at radius 3 is 2.41 bits per heavy atom. The monoisotopic (exact) mass is 394 g/mol. The summed E-state index contributed by atoms with van der Waals surface area (Å²) in [6.45, 7) is 2.04. The van der Waals surface area contributed by atoms with Crippen LogP contribution < -0.4 is 4.74 Å². The highest BCUT2D eigenvalue weighted by molar-refractivity contribution is 7.99. The number of hydrogen-bond acceptors (Lipinski definition) is 7. The minimum atomic E-state index is 0.0101. The number of para-hydroxylation sites is 1. The second kappa shape index (κ2) is 10.9. The van der Waals surface area contributed by atoms with Crippen molar-refractivity contribution in [1.82, 2.24) is 19.7 Å². The van der Waals surface area contributed by atoms with Gasteiger partial charge >= 0.3 is 0 Å². The third-order valence-electron chi connectivity index (χ3n) is 3.99. The van der Waals surface area contributed by atoms with Gasteiger partial charge in [0.25, 0.3) is 0 Å². The van der Waals surface area contributed by atoms with Crippen LogP contribution in [-0.2, 0) is 21.3 Å². The molecular formula is C18H26N4O4S. The van der Waals surface area contributed by atoms with Crippen LogP contribution in [0.15, 0.2) is 29.4 Å². The van der Waals surface area contributed by atoms with Crippen molar-refractivity contribution in [2.75, 3.05) is 53.4 Å². The zero-order chi connectivity index (χ0) is 19.6. The summed E-state index contributed by atoms with van der Waals surface area (Å²) in [6, 6.07) is 7.64. The topological polar surface area (TPSA) is 78.7 Å². The van der Waals surface area contributed by atoms with E-state index in [1.165, 1.54) is 11.8 Å². The van der Waals surface area contributed by atoms with Crippen molar-refractivity contribution in [2.24, 2.45) is 7.05 Å². The zero-order valence-electron chi connectivity index (χ0n) is 16.2. The molecule has 0 aliphatic heterocycles. The van der Waals surface area contributed by atoms with Gasteiger partial charge < -0.3 is 23.7 Å². The van der Waals surface area contributed by atoms with Crippen molar-refractivity contribution in [1.29, 1.82) is 0 Å². The maximum absolute atomic E-state index is 12.5. The molecule has 0 unspecified atom stereocenters. The van der Waals surface area contributed by atoms with E-state index in [0.29, 0.717) is 37.3 Å². The molecule has 0 saturated heterocycles. The molecule has 0 atom stereocenters. The molecule has 1 amide bonds. The first-order valence-electron chi connectivity index (χ1n) is 8.53. The van der Waals surface area contributed by atoms with Crippen LogP contribution in [0.3, 0.4) is 0 Å². The Balaban J connectivity index is 2.05. The van der Waals surface area contributed by atoms with Gasteiger partial charge in [-0.05, 0) is 12.1 Å². The number of ether oxygens (including phenoxy) is 3. The van der Waals surface area contributed by atoms with E-state index in [0.717, 1.165) is 11.3 Å². The van der Waals surface area contributed by atoms with Crippen LogP contribution in [0.4, 0.5) is 0 Å². The summed E-state index contributed by atoms with van der Waals surface area (Å²) in [6.07, 6.45) is 0. The number of carbonyl (C=O) groups is 1. The molecule has 0 fully saturated rings. The summed E-state index contributed by atoms with van der Waals surface area (Å²) in [5.41, 5.74) is 0.856. The summed E-state index contributed by atoms with van der Waals surface area (Å²) in [7, 11) is 6.74. The fourth-order valence-electron chi connectivity index (χ4n) is 2.49. The normalized spacial score (nSPS) is 10.8. The van der Waals surface area contributed by atoms with E-state index < -0.39 is 0 Å². The number of rotatable bonds is 11. The molecule has 2 aromatic rings. The predicted octanol–water partition coefficient (Wildman–Crippen LogP) is 1.70. The van der Waals surface area contributed by atoms with Gasteiger partial charge in [-0.25, -0.2) is 0 Å². The molecule has 0 N–H and O–H groups in total. The highest BCUT2D eigenvalue weighted by Gasteiger charge is 2.18. The van der Waals surface area contributed by atoms with Crippen molar-refractivity contribution >= 4 is 17.7 Å². The van der Waals surface area contributed by atoms with Crippen LogP contribution in [0.5, 0.6) is 5.75 Å². The average molecular weight is 394 g/mol. The second-order valence-electron chi connectivity index (χ2n) is 5.72. The van der Waals surface area contributed by atoms with Crippen molar-refractivity contribution < 1.29 is 19.0 Å². The first kappa shape index (κ1) is 21.2. The van der Waals surface area contributed by atoms with E-state index in [4.69, 9.17) is 14.2 Å². The Bertz CT molecular complexity index is 730. The number of benzene rings is 1. The largest absolute Gasteiger partial charge is 0.496 e.